The minimum absolute atomic E-state index is 0. The first-order valence-corrected chi connectivity index (χ1v) is 10.7. The Bertz CT molecular complexity index is 1070. The molecular weight excluding hydrogens is 441 g/mol. The molecule has 3 heterocycles. The van der Waals surface area contributed by atoms with Crippen molar-refractivity contribution in [1.82, 2.24) is 4.90 Å². The molecule has 154 valence electrons. The number of ether oxygens (including phenoxy) is 1. The van der Waals surface area contributed by atoms with E-state index in [0.717, 1.165) is 35.1 Å². The number of benzene rings is 2. The molecule has 2 aromatic rings. The highest BCUT2D eigenvalue weighted by Crippen LogP contribution is 2.45. The Morgan fingerprint density at radius 3 is 2.87 bits per heavy atom. The number of rotatable bonds is 3. The third-order valence-corrected chi connectivity index (χ3v) is 6.13. The van der Waals surface area contributed by atoms with Crippen LogP contribution in [-0.2, 0) is 4.79 Å². The average Bonchev–Trinajstić information content (AvgIpc) is 3.36. The van der Waals surface area contributed by atoms with Crippen LogP contribution in [0.1, 0.15) is 11.1 Å². The number of thioether (sulfide) groups is 1. The van der Waals surface area contributed by atoms with Crippen molar-refractivity contribution < 1.29 is 9.53 Å². The quantitative estimate of drug-likeness (QED) is 0.611. The summed E-state index contributed by atoms with van der Waals surface area (Å²) < 4.78 is 6.02. The van der Waals surface area contributed by atoms with Crippen LogP contribution in [0.25, 0.3) is 11.8 Å². The fraction of sp³-hybridized carbons (Fsp3) is 0.182. The molecular formula is C22H19Cl2N3O2S. The van der Waals surface area contributed by atoms with Crippen LogP contribution < -0.4 is 9.64 Å². The van der Waals surface area contributed by atoms with Gasteiger partial charge in [-0.1, -0.05) is 53.7 Å². The smallest absolute Gasteiger partial charge is 0.251 e. The molecule has 0 radical (unpaired) electrons. The molecule has 3 aliphatic heterocycles. The fourth-order valence-corrected chi connectivity index (χ4v) is 4.83. The third kappa shape index (κ3) is 3.83. The van der Waals surface area contributed by atoms with Gasteiger partial charge in [0.15, 0.2) is 10.9 Å². The van der Waals surface area contributed by atoms with Gasteiger partial charge in [0.05, 0.1) is 24.5 Å². The van der Waals surface area contributed by atoms with Crippen molar-refractivity contribution >= 4 is 64.3 Å². The van der Waals surface area contributed by atoms with Crippen LogP contribution in [-0.4, -0.2) is 42.2 Å². The predicted molar refractivity (Wildman–Crippen MR) is 127 cm³/mol. The van der Waals surface area contributed by atoms with Crippen LogP contribution in [0.2, 0.25) is 5.02 Å². The van der Waals surface area contributed by atoms with E-state index in [4.69, 9.17) is 16.3 Å². The zero-order valence-electron chi connectivity index (χ0n) is 16.0. The lowest BCUT2D eigenvalue weighted by atomic mass is 10.1. The van der Waals surface area contributed by atoms with Crippen molar-refractivity contribution in [3.63, 3.8) is 0 Å². The van der Waals surface area contributed by atoms with Crippen LogP contribution >= 0.6 is 35.8 Å². The van der Waals surface area contributed by atoms with Crippen LogP contribution in [0, 0.1) is 0 Å². The summed E-state index contributed by atoms with van der Waals surface area (Å²) in [4.78, 5) is 21.4. The number of nitrogens with zero attached hydrogens (tertiary/aromatic N) is 3. The van der Waals surface area contributed by atoms with Gasteiger partial charge in [-0.2, -0.15) is 0 Å². The Kier molecular flexibility index (Phi) is 6.09. The van der Waals surface area contributed by atoms with Gasteiger partial charge in [-0.3, -0.25) is 9.79 Å². The van der Waals surface area contributed by atoms with E-state index < -0.39 is 0 Å². The van der Waals surface area contributed by atoms with E-state index in [2.05, 4.69) is 15.3 Å². The summed E-state index contributed by atoms with van der Waals surface area (Å²) in [7, 11) is 0. The van der Waals surface area contributed by atoms with Gasteiger partial charge >= 0.3 is 0 Å². The van der Waals surface area contributed by atoms with Gasteiger partial charge in [0.1, 0.15) is 6.61 Å². The van der Waals surface area contributed by atoms with Gasteiger partial charge in [-0.05, 0) is 23.8 Å². The van der Waals surface area contributed by atoms with Crippen molar-refractivity contribution in [2.24, 2.45) is 4.99 Å². The molecule has 1 amide bonds. The molecule has 0 saturated carbocycles. The molecule has 0 bridgehead atoms. The molecule has 0 N–H and O–H groups in total. The van der Waals surface area contributed by atoms with Gasteiger partial charge in [-0.15, -0.1) is 12.4 Å². The number of fused-ring (bicyclic) bond motifs is 2. The van der Waals surface area contributed by atoms with Crippen molar-refractivity contribution in [3.8, 4) is 5.75 Å². The summed E-state index contributed by atoms with van der Waals surface area (Å²) in [5.74, 6) is 0.604. The normalized spacial score (nSPS) is 17.1. The molecule has 5 nitrogen and oxygen atoms in total. The zero-order valence-corrected chi connectivity index (χ0v) is 18.3. The second-order valence-corrected chi connectivity index (χ2v) is 8.09. The summed E-state index contributed by atoms with van der Waals surface area (Å²) in [5.41, 5.74) is 3.61. The van der Waals surface area contributed by atoms with Gasteiger partial charge in [0, 0.05) is 28.6 Å². The van der Waals surface area contributed by atoms with E-state index in [9.17, 15) is 4.79 Å². The lowest BCUT2D eigenvalue weighted by Crippen LogP contribution is -2.37. The SMILES string of the molecule is Cl.O=C(C=Cc1ccccc1)N1CCOc2c(C3=CSC4=NCCN34)cc(Cl)cc21. The van der Waals surface area contributed by atoms with E-state index >= 15 is 0 Å². The number of anilines is 1. The molecule has 0 atom stereocenters. The van der Waals surface area contributed by atoms with Crippen LogP contribution in [0.5, 0.6) is 5.75 Å². The second kappa shape index (κ2) is 8.76. The molecule has 30 heavy (non-hydrogen) atoms. The Morgan fingerprint density at radius 1 is 1.20 bits per heavy atom. The molecule has 0 saturated heterocycles. The lowest BCUT2D eigenvalue weighted by Gasteiger charge is -2.31. The highest BCUT2D eigenvalue weighted by Gasteiger charge is 2.32. The minimum atomic E-state index is -0.0928. The minimum Gasteiger partial charge on any atom is -0.489 e. The van der Waals surface area contributed by atoms with E-state index in [1.165, 1.54) is 0 Å². The number of carbonyl (C=O) groups excluding carboxylic acids is 1. The van der Waals surface area contributed by atoms with Crippen molar-refractivity contribution in [1.29, 1.82) is 0 Å². The van der Waals surface area contributed by atoms with Crippen molar-refractivity contribution in [2.45, 2.75) is 0 Å². The van der Waals surface area contributed by atoms with Crippen molar-refractivity contribution in [2.75, 3.05) is 31.1 Å². The van der Waals surface area contributed by atoms with Crippen LogP contribution in [0.3, 0.4) is 0 Å². The molecule has 3 aliphatic rings. The number of aliphatic imine (C=N–C) groups is 1. The summed E-state index contributed by atoms with van der Waals surface area (Å²) in [6, 6.07) is 13.5. The Labute approximate surface area is 190 Å². The topological polar surface area (TPSA) is 45.1 Å². The van der Waals surface area contributed by atoms with Crippen LogP contribution in [0.15, 0.2) is 58.9 Å². The zero-order chi connectivity index (χ0) is 19.8. The highest BCUT2D eigenvalue weighted by molar-refractivity contribution is 8.16. The number of carbonyl (C=O) groups is 1. The van der Waals surface area contributed by atoms with Gasteiger partial charge in [0.2, 0.25) is 0 Å². The Hall–Kier alpha value is -2.41. The maximum absolute atomic E-state index is 13.0. The molecule has 8 heteroatoms. The van der Waals surface area contributed by atoms with Crippen molar-refractivity contribution in [3.05, 3.63) is 70.1 Å². The van der Waals surface area contributed by atoms with Gasteiger partial charge in [-0.25, -0.2) is 0 Å². The first kappa shape index (κ1) is 20.8. The summed E-state index contributed by atoms with van der Waals surface area (Å²) in [6.07, 6.45) is 3.42. The highest BCUT2D eigenvalue weighted by atomic mass is 35.5. The second-order valence-electron chi connectivity index (χ2n) is 6.82. The maximum Gasteiger partial charge on any atom is 0.251 e. The number of hydrogen-bond donors (Lipinski definition) is 0. The molecule has 5 rings (SSSR count). The average molecular weight is 460 g/mol. The first-order valence-electron chi connectivity index (χ1n) is 9.41. The monoisotopic (exact) mass is 459 g/mol. The molecule has 0 unspecified atom stereocenters. The maximum atomic E-state index is 13.0. The van der Waals surface area contributed by atoms with E-state index in [0.29, 0.717) is 29.6 Å². The van der Waals surface area contributed by atoms with Crippen LogP contribution in [0.4, 0.5) is 5.69 Å². The molecule has 0 spiro atoms. The van der Waals surface area contributed by atoms with Gasteiger partial charge < -0.3 is 14.5 Å². The lowest BCUT2D eigenvalue weighted by molar-refractivity contribution is -0.114. The predicted octanol–water partition coefficient (Wildman–Crippen LogP) is 4.92. The third-order valence-electron chi connectivity index (χ3n) is 5.01. The number of amides is 1. The molecule has 2 aromatic carbocycles. The van der Waals surface area contributed by atoms with E-state index in [1.54, 1.807) is 28.8 Å². The number of hydrogen-bond acceptors (Lipinski definition) is 5. The molecule has 0 aromatic heterocycles. The molecule has 0 fully saturated rings. The standard InChI is InChI=1S/C22H18ClN3O2S.ClH/c23-16-12-17(19-14-29-22-24-8-9-26(19)22)21-18(13-16)25(10-11-28-21)20(27)7-6-15-4-2-1-3-5-15;/h1-7,12-14H,8-11H2;1H. The largest absolute Gasteiger partial charge is 0.489 e. The number of amidine groups is 1. The van der Waals surface area contributed by atoms with Gasteiger partial charge in [0.25, 0.3) is 5.91 Å². The van der Waals surface area contributed by atoms with E-state index in [1.807, 2.05) is 42.5 Å². The Morgan fingerprint density at radius 2 is 2.03 bits per heavy atom. The summed E-state index contributed by atoms with van der Waals surface area (Å²) in [5, 5.41) is 3.65. The summed E-state index contributed by atoms with van der Waals surface area (Å²) >= 11 is 8.06. The summed E-state index contributed by atoms with van der Waals surface area (Å²) in [6.45, 7) is 2.55. The van der Waals surface area contributed by atoms with E-state index in [-0.39, 0.29) is 18.3 Å². The number of halogens is 2. The Balaban J connectivity index is 0.00000218. The first-order chi connectivity index (χ1) is 14.2. The fourth-order valence-electron chi connectivity index (χ4n) is 3.66. The molecule has 0 aliphatic carbocycles.